The van der Waals surface area contributed by atoms with E-state index in [4.69, 9.17) is 5.11 Å². The van der Waals surface area contributed by atoms with Crippen LogP contribution in [0.5, 0.6) is 0 Å². The summed E-state index contributed by atoms with van der Waals surface area (Å²) in [5, 5.41) is 11.8. The molecule has 19 heavy (non-hydrogen) atoms. The fraction of sp³-hybridized carbons (Fsp3) is 0.857. The fourth-order valence-corrected chi connectivity index (χ4v) is 1.87. The highest BCUT2D eigenvalue weighted by molar-refractivity contribution is 5.82. The van der Waals surface area contributed by atoms with Crippen molar-refractivity contribution in [3.05, 3.63) is 0 Å². The van der Waals surface area contributed by atoms with Crippen molar-refractivity contribution in [3.8, 4) is 0 Å². The van der Waals surface area contributed by atoms with Gasteiger partial charge in [0.05, 0.1) is 12.6 Å². The Kier molecular flexibility index (Phi) is 7.05. The van der Waals surface area contributed by atoms with Gasteiger partial charge in [-0.2, -0.15) is 0 Å². The number of hydrogen-bond donors (Lipinski definition) is 2. The average molecular weight is 272 g/mol. The molecule has 0 aromatic carbocycles. The Morgan fingerprint density at radius 3 is 2.11 bits per heavy atom. The molecule has 5 nitrogen and oxygen atoms in total. The Balaban J connectivity index is 4.57. The lowest BCUT2D eigenvalue weighted by molar-refractivity contribution is -0.142. The molecule has 0 fully saturated rings. The van der Waals surface area contributed by atoms with Crippen molar-refractivity contribution < 1.29 is 14.7 Å². The zero-order valence-electron chi connectivity index (χ0n) is 13.0. The second-order valence-electron chi connectivity index (χ2n) is 6.34. The lowest BCUT2D eigenvalue weighted by atomic mass is 10.0. The zero-order valence-corrected chi connectivity index (χ0v) is 13.0. The van der Waals surface area contributed by atoms with Gasteiger partial charge in [-0.1, -0.05) is 13.8 Å². The van der Waals surface area contributed by atoms with Crippen LogP contribution in [0.3, 0.4) is 0 Å². The van der Waals surface area contributed by atoms with E-state index in [9.17, 15) is 9.59 Å². The number of nitrogens with zero attached hydrogens (tertiary/aromatic N) is 1. The molecule has 1 amide bonds. The summed E-state index contributed by atoms with van der Waals surface area (Å²) in [7, 11) is 0. The Labute approximate surface area is 116 Å². The predicted molar refractivity (Wildman–Crippen MR) is 76.0 cm³/mol. The first kappa shape index (κ1) is 17.9. The Morgan fingerprint density at radius 2 is 1.74 bits per heavy atom. The maximum absolute atomic E-state index is 12.0. The Morgan fingerprint density at radius 1 is 1.21 bits per heavy atom. The molecule has 0 rings (SSSR count). The van der Waals surface area contributed by atoms with E-state index >= 15 is 0 Å². The van der Waals surface area contributed by atoms with Crippen molar-refractivity contribution in [3.63, 3.8) is 0 Å². The average Bonchev–Trinajstić information content (AvgIpc) is 2.22. The van der Waals surface area contributed by atoms with Crippen LogP contribution in [0.25, 0.3) is 0 Å². The van der Waals surface area contributed by atoms with Crippen molar-refractivity contribution in [2.45, 2.75) is 59.5 Å². The van der Waals surface area contributed by atoms with Crippen LogP contribution in [0.2, 0.25) is 0 Å². The van der Waals surface area contributed by atoms with Crippen molar-refractivity contribution in [2.24, 2.45) is 5.92 Å². The number of carbonyl (C=O) groups is 2. The highest BCUT2D eigenvalue weighted by Gasteiger charge is 2.31. The number of hydrogen-bond acceptors (Lipinski definition) is 3. The first-order chi connectivity index (χ1) is 8.55. The summed E-state index contributed by atoms with van der Waals surface area (Å²) in [6.07, 6.45) is 0.924. The quantitative estimate of drug-likeness (QED) is 0.740. The number of carbonyl (C=O) groups excluding carboxylic acids is 1. The Bertz CT molecular complexity index is 308. The molecule has 112 valence electrons. The maximum atomic E-state index is 12.0. The smallest absolute Gasteiger partial charge is 0.317 e. The van der Waals surface area contributed by atoms with E-state index in [0.717, 1.165) is 6.42 Å². The highest BCUT2D eigenvalue weighted by Crippen LogP contribution is 2.16. The second-order valence-corrected chi connectivity index (χ2v) is 6.34. The van der Waals surface area contributed by atoms with E-state index in [-0.39, 0.29) is 18.0 Å². The molecule has 5 heteroatoms. The summed E-state index contributed by atoms with van der Waals surface area (Å²) in [5.74, 6) is -0.498. The van der Waals surface area contributed by atoms with Crippen LogP contribution in [0, 0.1) is 5.92 Å². The molecule has 0 heterocycles. The molecular formula is C14H28N2O3. The molecule has 2 N–H and O–H groups in total. The zero-order chi connectivity index (χ0) is 15.2. The Hall–Kier alpha value is -1.10. The van der Waals surface area contributed by atoms with E-state index in [0.29, 0.717) is 12.5 Å². The first-order valence-electron chi connectivity index (χ1n) is 6.82. The van der Waals surface area contributed by atoms with E-state index in [1.54, 1.807) is 11.8 Å². The number of carboxylic acid groups (broad SMARTS) is 1. The van der Waals surface area contributed by atoms with E-state index in [2.05, 4.69) is 19.2 Å². The minimum Gasteiger partial charge on any atom is -0.480 e. The maximum Gasteiger partial charge on any atom is 0.317 e. The fourth-order valence-electron chi connectivity index (χ4n) is 1.87. The van der Waals surface area contributed by atoms with Crippen LogP contribution < -0.4 is 5.32 Å². The van der Waals surface area contributed by atoms with Gasteiger partial charge in [0.25, 0.3) is 0 Å². The summed E-state index contributed by atoms with van der Waals surface area (Å²) in [5.41, 5.74) is -0.368. The van der Waals surface area contributed by atoms with Crippen molar-refractivity contribution in [1.29, 1.82) is 0 Å². The molecule has 0 aromatic heterocycles. The summed E-state index contributed by atoms with van der Waals surface area (Å²) < 4.78 is 0. The molecule has 0 aliphatic heterocycles. The molecule has 0 aliphatic carbocycles. The normalized spacial score (nSPS) is 13.7. The third-order valence-corrected chi connectivity index (χ3v) is 3.04. The predicted octanol–water partition coefficient (Wildman–Crippen LogP) is 1.72. The topological polar surface area (TPSA) is 69.6 Å². The molecule has 1 unspecified atom stereocenters. The molecule has 0 bridgehead atoms. The second kappa shape index (κ2) is 7.48. The first-order valence-corrected chi connectivity index (χ1v) is 6.82. The van der Waals surface area contributed by atoms with Crippen molar-refractivity contribution in [2.75, 3.05) is 13.1 Å². The SMILES string of the molecule is CC(C)CCNC(=O)C(C)N(CC(=O)O)C(C)(C)C. The van der Waals surface area contributed by atoms with Gasteiger partial charge >= 0.3 is 5.97 Å². The van der Waals surface area contributed by atoms with Crippen LogP contribution in [0.4, 0.5) is 0 Å². The lowest BCUT2D eigenvalue weighted by Crippen LogP contribution is -2.55. The summed E-state index contributed by atoms with van der Waals surface area (Å²) in [4.78, 5) is 24.7. The third-order valence-electron chi connectivity index (χ3n) is 3.04. The van der Waals surface area contributed by atoms with Crippen LogP contribution >= 0.6 is 0 Å². The van der Waals surface area contributed by atoms with Gasteiger partial charge in [-0.3, -0.25) is 14.5 Å². The van der Waals surface area contributed by atoms with Gasteiger partial charge in [0.2, 0.25) is 5.91 Å². The van der Waals surface area contributed by atoms with E-state index < -0.39 is 12.0 Å². The number of nitrogens with one attached hydrogen (secondary N) is 1. The third kappa shape index (κ3) is 7.15. The van der Waals surface area contributed by atoms with Gasteiger partial charge < -0.3 is 10.4 Å². The van der Waals surface area contributed by atoms with Crippen LogP contribution in [-0.4, -0.2) is 46.6 Å². The van der Waals surface area contributed by atoms with Gasteiger partial charge in [0, 0.05) is 12.1 Å². The molecule has 0 spiro atoms. The van der Waals surface area contributed by atoms with Crippen molar-refractivity contribution >= 4 is 11.9 Å². The lowest BCUT2D eigenvalue weighted by Gasteiger charge is -2.38. The van der Waals surface area contributed by atoms with Gasteiger partial charge in [-0.05, 0) is 40.0 Å². The van der Waals surface area contributed by atoms with Gasteiger partial charge in [0.1, 0.15) is 0 Å². The molecule has 0 saturated carbocycles. The summed E-state index contributed by atoms with van der Waals surface area (Å²) in [6.45, 7) is 12.2. The van der Waals surface area contributed by atoms with Crippen LogP contribution in [-0.2, 0) is 9.59 Å². The van der Waals surface area contributed by atoms with Gasteiger partial charge in [0.15, 0.2) is 0 Å². The van der Waals surface area contributed by atoms with E-state index in [1.807, 2.05) is 20.8 Å². The number of aliphatic carboxylic acids is 1. The summed E-state index contributed by atoms with van der Waals surface area (Å²) in [6, 6.07) is -0.455. The largest absolute Gasteiger partial charge is 0.480 e. The molecule has 0 saturated heterocycles. The van der Waals surface area contributed by atoms with Crippen molar-refractivity contribution in [1.82, 2.24) is 10.2 Å². The number of carboxylic acids is 1. The van der Waals surface area contributed by atoms with E-state index in [1.165, 1.54) is 0 Å². The molecule has 0 aliphatic rings. The van der Waals surface area contributed by atoms with Crippen LogP contribution in [0.15, 0.2) is 0 Å². The molecule has 1 atom stereocenters. The molecular weight excluding hydrogens is 244 g/mol. The minimum atomic E-state index is -0.920. The molecule has 0 radical (unpaired) electrons. The number of amides is 1. The monoisotopic (exact) mass is 272 g/mol. The van der Waals surface area contributed by atoms with Gasteiger partial charge in [-0.15, -0.1) is 0 Å². The summed E-state index contributed by atoms with van der Waals surface area (Å²) >= 11 is 0. The van der Waals surface area contributed by atoms with Gasteiger partial charge in [-0.25, -0.2) is 0 Å². The molecule has 0 aromatic rings. The number of rotatable bonds is 7. The highest BCUT2D eigenvalue weighted by atomic mass is 16.4. The van der Waals surface area contributed by atoms with Crippen LogP contribution in [0.1, 0.15) is 48.0 Å². The minimum absolute atomic E-state index is 0.114. The standard InChI is InChI=1S/C14H28N2O3/c1-10(2)7-8-15-13(19)11(3)16(9-12(17)18)14(4,5)6/h10-11H,7-9H2,1-6H3,(H,15,19)(H,17,18).